The van der Waals surface area contributed by atoms with E-state index in [0.29, 0.717) is 17.5 Å². The van der Waals surface area contributed by atoms with Crippen molar-refractivity contribution in [3.05, 3.63) is 69.5 Å². The first-order valence-electron chi connectivity index (χ1n) is 8.09. The predicted molar refractivity (Wildman–Crippen MR) is 101 cm³/mol. The van der Waals surface area contributed by atoms with Crippen molar-refractivity contribution in [2.45, 2.75) is 16.4 Å². The van der Waals surface area contributed by atoms with Crippen LogP contribution in [0.5, 0.6) is 0 Å². The van der Waals surface area contributed by atoms with E-state index in [-0.39, 0.29) is 26.7 Å². The molecule has 152 valence electrons. The molecule has 3 aromatic heterocycles. The minimum Gasteiger partial charge on any atom is -0.258 e. The van der Waals surface area contributed by atoms with E-state index in [2.05, 4.69) is 20.1 Å². The van der Waals surface area contributed by atoms with Crippen LogP contribution in [0.25, 0.3) is 17.0 Å². The summed E-state index contributed by atoms with van der Waals surface area (Å²) in [6, 6.07) is 8.29. The lowest BCUT2D eigenvalue weighted by atomic mass is 10.1. The molecule has 4 rings (SSSR count). The first-order chi connectivity index (χ1) is 14.2. The lowest BCUT2D eigenvalue weighted by Crippen LogP contribution is -2.05. The van der Waals surface area contributed by atoms with Gasteiger partial charge < -0.3 is 0 Å². The Hall–Kier alpha value is -3.25. The van der Waals surface area contributed by atoms with Crippen LogP contribution < -0.4 is 0 Å². The number of nitrogens with zero attached hydrogens (tertiary/aromatic N) is 6. The number of nitro groups is 1. The van der Waals surface area contributed by atoms with Crippen LogP contribution in [-0.2, 0) is 6.18 Å². The van der Waals surface area contributed by atoms with Crippen LogP contribution in [0.1, 0.15) is 5.56 Å². The summed E-state index contributed by atoms with van der Waals surface area (Å²) in [5.41, 5.74) is 0.199. The summed E-state index contributed by atoms with van der Waals surface area (Å²) in [4.78, 5) is 22.4. The number of non-ortho nitro benzene ring substituents is 1. The highest BCUT2D eigenvalue weighted by Gasteiger charge is 2.31. The Labute approximate surface area is 174 Å². The van der Waals surface area contributed by atoms with Gasteiger partial charge in [0.1, 0.15) is 5.03 Å². The van der Waals surface area contributed by atoms with Gasteiger partial charge in [0.2, 0.25) is 5.16 Å². The zero-order valence-corrected chi connectivity index (χ0v) is 16.1. The molecule has 0 saturated heterocycles. The van der Waals surface area contributed by atoms with Crippen molar-refractivity contribution in [3.8, 4) is 11.3 Å². The van der Waals surface area contributed by atoms with Crippen molar-refractivity contribution in [3.63, 3.8) is 0 Å². The van der Waals surface area contributed by atoms with Crippen LogP contribution in [0, 0.1) is 10.1 Å². The summed E-state index contributed by atoms with van der Waals surface area (Å²) in [6.07, 6.45) is -2.37. The molecular formula is C17H8ClF3N6O2S. The Morgan fingerprint density at radius 3 is 2.50 bits per heavy atom. The number of hydrogen-bond acceptors (Lipinski definition) is 7. The number of fused-ring (bicyclic) bond motifs is 1. The molecule has 1 aromatic carbocycles. The predicted octanol–water partition coefficient (Wildman–Crippen LogP) is 4.92. The number of nitro benzene ring substituents is 1. The normalized spacial score (nSPS) is 11.7. The maximum Gasteiger partial charge on any atom is 0.417 e. The minimum absolute atomic E-state index is 0.0538. The topological polar surface area (TPSA) is 99.1 Å². The van der Waals surface area contributed by atoms with Crippen LogP contribution in [0.3, 0.4) is 0 Å². The van der Waals surface area contributed by atoms with Crippen molar-refractivity contribution < 1.29 is 18.1 Å². The van der Waals surface area contributed by atoms with Gasteiger partial charge in [-0.05, 0) is 36.0 Å². The quantitative estimate of drug-likeness (QED) is 0.320. The summed E-state index contributed by atoms with van der Waals surface area (Å²) in [5, 5.41) is 15.2. The van der Waals surface area contributed by atoms with Gasteiger partial charge in [-0.3, -0.25) is 10.1 Å². The summed E-state index contributed by atoms with van der Waals surface area (Å²) in [5.74, 6) is 0.233. The summed E-state index contributed by atoms with van der Waals surface area (Å²) >= 11 is 6.82. The second kappa shape index (κ2) is 7.54. The average molecular weight is 453 g/mol. The molecule has 30 heavy (non-hydrogen) atoms. The van der Waals surface area contributed by atoms with E-state index in [9.17, 15) is 23.3 Å². The number of aromatic nitrogens is 5. The number of halogens is 4. The maximum absolute atomic E-state index is 12.8. The molecule has 0 bridgehead atoms. The molecule has 0 aliphatic rings. The molecule has 0 N–H and O–H groups in total. The van der Waals surface area contributed by atoms with Crippen LogP contribution in [-0.4, -0.2) is 29.5 Å². The second-order valence-corrected chi connectivity index (χ2v) is 7.21. The van der Waals surface area contributed by atoms with Gasteiger partial charge in [0.15, 0.2) is 0 Å². The molecular weight excluding hydrogens is 445 g/mol. The van der Waals surface area contributed by atoms with E-state index in [1.54, 1.807) is 18.2 Å². The average Bonchev–Trinajstić information content (AvgIpc) is 3.11. The van der Waals surface area contributed by atoms with E-state index in [4.69, 9.17) is 11.6 Å². The molecule has 0 aliphatic heterocycles. The number of pyridine rings is 1. The van der Waals surface area contributed by atoms with Gasteiger partial charge in [-0.1, -0.05) is 11.6 Å². The van der Waals surface area contributed by atoms with E-state index in [1.807, 2.05) is 0 Å². The molecule has 8 nitrogen and oxygen atoms in total. The highest BCUT2D eigenvalue weighted by molar-refractivity contribution is 7.99. The SMILES string of the molecule is O=[N+]([O-])c1ccc(-c2ccnc3nc(Sc4ncc(C(F)(F)F)cc4Cl)nn23)cc1. The van der Waals surface area contributed by atoms with E-state index in [1.165, 1.54) is 22.8 Å². The highest BCUT2D eigenvalue weighted by atomic mass is 35.5. The van der Waals surface area contributed by atoms with E-state index in [0.717, 1.165) is 17.8 Å². The number of hydrogen-bond donors (Lipinski definition) is 0. The molecule has 13 heteroatoms. The second-order valence-electron chi connectivity index (χ2n) is 5.85. The number of benzene rings is 1. The van der Waals surface area contributed by atoms with Crippen molar-refractivity contribution >= 4 is 34.8 Å². The fraction of sp³-hybridized carbons (Fsp3) is 0.0588. The molecule has 0 aliphatic carbocycles. The van der Waals surface area contributed by atoms with Crippen LogP contribution in [0.2, 0.25) is 5.02 Å². The summed E-state index contributed by atoms with van der Waals surface area (Å²) < 4.78 is 39.7. The van der Waals surface area contributed by atoms with Crippen LogP contribution in [0.15, 0.2) is 59.0 Å². The van der Waals surface area contributed by atoms with Gasteiger partial charge in [0.25, 0.3) is 11.5 Å². The third-order valence-corrected chi connectivity index (χ3v) is 5.19. The third-order valence-electron chi connectivity index (χ3n) is 3.92. The number of rotatable bonds is 4. The first kappa shape index (κ1) is 20.0. The monoisotopic (exact) mass is 452 g/mol. The van der Waals surface area contributed by atoms with Gasteiger partial charge in [-0.2, -0.15) is 22.7 Å². The molecule has 0 atom stereocenters. The third kappa shape index (κ3) is 3.91. The van der Waals surface area contributed by atoms with Crippen LogP contribution in [0.4, 0.5) is 18.9 Å². The lowest BCUT2D eigenvalue weighted by Gasteiger charge is -2.07. The largest absolute Gasteiger partial charge is 0.417 e. The molecule has 0 saturated carbocycles. The van der Waals surface area contributed by atoms with Gasteiger partial charge in [-0.15, -0.1) is 5.10 Å². The molecule has 0 fully saturated rings. The first-order valence-corrected chi connectivity index (χ1v) is 9.29. The van der Waals surface area contributed by atoms with E-state index >= 15 is 0 Å². The summed E-state index contributed by atoms with van der Waals surface area (Å²) in [6.45, 7) is 0. The Kier molecular flexibility index (Phi) is 5.03. The lowest BCUT2D eigenvalue weighted by molar-refractivity contribution is -0.384. The van der Waals surface area contributed by atoms with Crippen molar-refractivity contribution in [1.29, 1.82) is 0 Å². The van der Waals surface area contributed by atoms with Gasteiger partial charge >= 0.3 is 6.18 Å². The smallest absolute Gasteiger partial charge is 0.258 e. The molecule has 0 radical (unpaired) electrons. The molecule has 0 amide bonds. The number of alkyl halides is 3. The Balaban J connectivity index is 1.68. The van der Waals surface area contributed by atoms with Crippen LogP contribution >= 0.6 is 23.4 Å². The maximum atomic E-state index is 12.8. The highest BCUT2D eigenvalue weighted by Crippen LogP contribution is 2.35. The van der Waals surface area contributed by atoms with Gasteiger partial charge in [0.05, 0.1) is 21.2 Å². The fourth-order valence-corrected chi connectivity index (χ4v) is 3.50. The molecule has 0 unspecified atom stereocenters. The van der Waals surface area contributed by atoms with E-state index < -0.39 is 16.7 Å². The molecule has 0 spiro atoms. The standard InChI is InChI=1S/C17H8ClF3N6O2S/c18-12-7-10(17(19,20)21)8-23-14(12)30-16-24-15-22-6-5-13(26(15)25-16)9-1-3-11(4-2-9)27(28)29/h1-8H. The van der Waals surface area contributed by atoms with Gasteiger partial charge in [-0.25, -0.2) is 9.97 Å². The fourth-order valence-electron chi connectivity index (χ4n) is 2.53. The molecule has 3 heterocycles. The minimum atomic E-state index is -4.55. The molecule has 4 aromatic rings. The zero-order valence-electron chi connectivity index (χ0n) is 14.5. The van der Waals surface area contributed by atoms with Crippen molar-refractivity contribution in [2.24, 2.45) is 0 Å². The van der Waals surface area contributed by atoms with Crippen molar-refractivity contribution in [2.75, 3.05) is 0 Å². The Morgan fingerprint density at radius 1 is 1.13 bits per heavy atom. The summed E-state index contributed by atoms with van der Waals surface area (Å²) in [7, 11) is 0. The van der Waals surface area contributed by atoms with Crippen molar-refractivity contribution in [1.82, 2.24) is 24.6 Å². The van der Waals surface area contributed by atoms with Gasteiger partial charge in [0, 0.05) is 30.1 Å². The Morgan fingerprint density at radius 2 is 1.87 bits per heavy atom. The zero-order chi connectivity index (χ0) is 21.5. The Bertz CT molecular complexity index is 1260.